The van der Waals surface area contributed by atoms with Crippen LogP contribution < -0.4 is 29.0 Å². The van der Waals surface area contributed by atoms with Crippen molar-refractivity contribution < 1.29 is 38.0 Å². The molecule has 9 heteroatoms. The van der Waals surface area contributed by atoms with E-state index in [1.54, 1.807) is 0 Å². The zero-order chi connectivity index (χ0) is 21.8. The normalized spacial score (nSPS) is 14.9. The van der Waals surface area contributed by atoms with Gasteiger partial charge < -0.3 is 33.7 Å². The average Bonchev–Trinajstić information content (AvgIpc) is 2.81. The third-order valence-electron chi connectivity index (χ3n) is 4.84. The Hall–Kier alpha value is -3.62. The van der Waals surface area contributed by atoms with Crippen LogP contribution in [-0.4, -0.2) is 52.0 Å². The smallest absolute Gasteiger partial charge is 0.338 e. The Morgan fingerprint density at radius 1 is 0.968 bits per heavy atom. The summed E-state index contributed by atoms with van der Waals surface area (Å²) in [6, 6.07) is 8.18. The molecule has 2 aromatic rings. The Bertz CT molecular complexity index is 972. The van der Waals surface area contributed by atoms with Gasteiger partial charge in [-0.25, -0.2) is 4.79 Å². The Balaban J connectivity index is 1.35. The molecule has 164 valence electrons. The van der Waals surface area contributed by atoms with Crippen molar-refractivity contribution in [3.8, 4) is 28.7 Å². The second-order valence-electron chi connectivity index (χ2n) is 6.97. The Morgan fingerprint density at radius 2 is 1.68 bits per heavy atom. The number of carbonyl (C=O) groups is 2. The van der Waals surface area contributed by atoms with Crippen LogP contribution in [0, 0.1) is 0 Å². The molecule has 4 rings (SSSR count). The predicted octanol–water partition coefficient (Wildman–Crippen LogP) is 2.27. The molecule has 0 saturated carbocycles. The van der Waals surface area contributed by atoms with Gasteiger partial charge in [-0.15, -0.1) is 0 Å². The van der Waals surface area contributed by atoms with E-state index in [0.717, 1.165) is 5.56 Å². The molecule has 0 bridgehead atoms. The molecule has 0 radical (unpaired) electrons. The molecule has 2 aliphatic rings. The number of benzene rings is 2. The Morgan fingerprint density at radius 3 is 2.45 bits per heavy atom. The lowest BCUT2D eigenvalue weighted by Crippen LogP contribution is -2.31. The van der Waals surface area contributed by atoms with Crippen molar-refractivity contribution in [2.75, 3.05) is 40.1 Å². The van der Waals surface area contributed by atoms with Crippen LogP contribution in [0.15, 0.2) is 30.3 Å². The number of ether oxygens (including phenoxy) is 6. The van der Waals surface area contributed by atoms with Crippen LogP contribution in [0.2, 0.25) is 0 Å². The van der Waals surface area contributed by atoms with E-state index in [-0.39, 0.29) is 11.6 Å². The highest BCUT2D eigenvalue weighted by Crippen LogP contribution is 2.40. The predicted molar refractivity (Wildman–Crippen MR) is 108 cm³/mol. The zero-order valence-corrected chi connectivity index (χ0v) is 17.3. The lowest BCUT2D eigenvalue weighted by Gasteiger charge is -2.21. The van der Waals surface area contributed by atoms with Gasteiger partial charge >= 0.3 is 5.97 Å². The summed E-state index contributed by atoms with van der Waals surface area (Å²) in [5, 5.41) is 2.80. The number of esters is 1. The third-order valence-corrected chi connectivity index (χ3v) is 4.84. The third kappa shape index (κ3) is 4.60. The van der Waals surface area contributed by atoms with Crippen molar-refractivity contribution in [1.29, 1.82) is 0 Å². The van der Waals surface area contributed by atoms with E-state index >= 15 is 0 Å². The molecule has 0 saturated heterocycles. The highest BCUT2D eigenvalue weighted by atomic mass is 16.6. The second kappa shape index (κ2) is 9.03. The summed E-state index contributed by atoms with van der Waals surface area (Å²) in [5.41, 5.74) is 1.05. The van der Waals surface area contributed by atoms with Crippen LogP contribution in [0.4, 0.5) is 0 Å². The van der Waals surface area contributed by atoms with Crippen LogP contribution in [0.1, 0.15) is 28.9 Å². The minimum Gasteiger partial charge on any atom is -0.493 e. The quantitative estimate of drug-likeness (QED) is 0.698. The molecule has 0 spiro atoms. The maximum Gasteiger partial charge on any atom is 0.338 e. The monoisotopic (exact) mass is 429 g/mol. The molecule has 1 atom stereocenters. The first-order valence-electron chi connectivity index (χ1n) is 9.89. The molecule has 1 amide bonds. The molecule has 2 aromatic carbocycles. The lowest BCUT2D eigenvalue weighted by molar-refractivity contribution is -0.124. The minimum absolute atomic E-state index is 0.203. The Kier molecular flexibility index (Phi) is 6.01. The van der Waals surface area contributed by atoms with Crippen molar-refractivity contribution >= 4 is 11.9 Å². The van der Waals surface area contributed by atoms with Crippen molar-refractivity contribution in [2.45, 2.75) is 13.0 Å². The first-order chi connectivity index (χ1) is 15.0. The van der Waals surface area contributed by atoms with E-state index < -0.39 is 18.5 Å². The molecule has 0 aliphatic carbocycles. The van der Waals surface area contributed by atoms with E-state index in [9.17, 15) is 9.59 Å². The van der Waals surface area contributed by atoms with Crippen LogP contribution in [0.25, 0.3) is 0 Å². The molecule has 2 aliphatic heterocycles. The molecule has 2 heterocycles. The largest absolute Gasteiger partial charge is 0.493 e. The van der Waals surface area contributed by atoms with E-state index in [1.807, 2.05) is 25.1 Å². The summed E-state index contributed by atoms with van der Waals surface area (Å²) < 4.78 is 32.5. The van der Waals surface area contributed by atoms with E-state index in [0.29, 0.717) is 55.2 Å². The first-order valence-corrected chi connectivity index (χ1v) is 9.89. The maximum atomic E-state index is 12.4. The van der Waals surface area contributed by atoms with Gasteiger partial charge in [-0.1, -0.05) is 6.07 Å². The number of fused-ring (bicyclic) bond motifs is 2. The first kappa shape index (κ1) is 20.6. The molecule has 0 aromatic heterocycles. The number of hydrogen-bond acceptors (Lipinski definition) is 8. The zero-order valence-electron chi connectivity index (χ0n) is 17.3. The van der Waals surface area contributed by atoms with Crippen molar-refractivity contribution in [1.82, 2.24) is 5.32 Å². The number of nitrogens with one attached hydrogen (secondary N) is 1. The van der Waals surface area contributed by atoms with Gasteiger partial charge in [-0.05, 0) is 36.8 Å². The number of amides is 1. The molecule has 1 N–H and O–H groups in total. The summed E-state index contributed by atoms with van der Waals surface area (Å²) in [6.07, 6.45) is 0. The Labute approximate surface area is 179 Å². The van der Waals surface area contributed by atoms with Crippen LogP contribution in [0.3, 0.4) is 0 Å². The highest BCUT2D eigenvalue weighted by molar-refractivity contribution is 5.93. The van der Waals surface area contributed by atoms with E-state index in [4.69, 9.17) is 28.4 Å². The fraction of sp³-hybridized carbons (Fsp3) is 0.364. The number of hydrogen-bond donors (Lipinski definition) is 1. The van der Waals surface area contributed by atoms with Gasteiger partial charge in [-0.3, -0.25) is 4.79 Å². The summed E-state index contributed by atoms with van der Waals surface area (Å²) in [4.78, 5) is 24.7. The van der Waals surface area contributed by atoms with Gasteiger partial charge in [0.05, 0.1) is 18.7 Å². The van der Waals surface area contributed by atoms with E-state index in [1.165, 1.54) is 19.2 Å². The van der Waals surface area contributed by atoms with Crippen molar-refractivity contribution in [3.63, 3.8) is 0 Å². The average molecular weight is 429 g/mol. The molecule has 0 fully saturated rings. The molecule has 31 heavy (non-hydrogen) atoms. The van der Waals surface area contributed by atoms with Crippen molar-refractivity contribution in [2.24, 2.45) is 0 Å². The van der Waals surface area contributed by atoms with E-state index in [2.05, 4.69) is 5.32 Å². The number of rotatable bonds is 6. The molecular formula is C22H23NO8. The standard InChI is InChI=1S/C22H23NO8/c1-13(14-3-4-16-17(9-14)28-6-5-27-16)23-20(24)12-31-22(25)15-10-18(26-2)21-19(11-15)29-7-8-30-21/h3-4,9-11,13H,5-8,12H2,1-2H3,(H,23,24). The highest BCUT2D eigenvalue weighted by Gasteiger charge is 2.22. The summed E-state index contributed by atoms with van der Waals surface area (Å²) in [6.45, 7) is 3.17. The second-order valence-corrected chi connectivity index (χ2v) is 6.97. The SMILES string of the molecule is COc1cc(C(=O)OCC(=O)NC(C)c2ccc3c(c2)OCCO3)cc2c1OCCO2. The van der Waals surface area contributed by atoms with Gasteiger partial charge in [-0.2, -0.15) is 0 Å². The van der Waals surface area contributed by atoms with Crippen LogP contribution >= 0.6 is 0 Å². The van der Waals surface area contributed by atoms with Crippen LogP contribution in [-0.2, 0) is 9.53 Å². The van der Waals surface area contributed by atoms with Gasteiger partial charge in [0.15, 0.2) is 29.6 Å². The summed E-state index contributed by atoms with van der Waals surface area (Å²) >= 11 is 0. The molecular weight excluding hydrogens is 406 g/mol. The summed E-state index contributed by atoms with van der Waals surface area (Å²) in [5.74, 6) is 1.42. The number of methoxy groups -OCH3 is 1. The molecule has 1 unspecified atom stereocenters. The van der Waals surface area contributed by atoms with Crippen molar-refractivity contribution in [3.05, 3.63) is 41.5 Å². The van der Waals surface area contributed by atoms with Gasteiger partial charge in [0.25, 0.3) is 5.91 Å². The lowest BCUT2D eigenvalue weighted by atomic mass is 10.1. The fourth-order valence-electron chi connectivity index (χ4n) is 3.30. The van der Waals surface area contributed by atoms with Crippen LogP contribution in [0.5, 0.6) is 28.7 Å². The summed E-state index contributed by atoms with van der Waals surface area (Å²) in [7, 11) is 1.47. The maximum absolute atomic E-state index is 12.4. The van der Waals surface area contributed by atoms with Gasteiger partial charge in [0, 0.05) is 0 Å². The fourth-order valence-corrected chi connectivity index (χ4v) is 3.30. The topological polar surface area (TPSA) is 102 Å². The van der Waals surface area contributed by atoms with Gasteiger partial charge in [0.2, 0.25) is 5.75 Å². The molecule has 9 nitrogen and oxygen atoms in total. The van der Waals surface area contributed by atoms with Gasteiger partial charge in [0.1, 0.15) is 26.4 Å². The number of carbonyl (C=O) groups excluding carboxylic acids is 2. The minimum atomic E-state index is -0.669.